The fraction of sp³-hybridized carbons (Fsp3) is 0.323. The first-order chi connectivity index (χ1) is 18.8. The van der Waals surface area contributed by atoms with Crippen LogP contribution in [0.1, 0.15) is 46.3 Å². The van der Waals surface area contributed by atoms with Crippen molar-refractivity contribution in [2.75, 3.05) is 32.8 Å². The Morgan fingerprint density at radius 2 is 1.42 bits per heavy atom. The van der Waals surface area contributed by atoms with Crippen molar-refractivity contribution in [1.29, 1.82) is 0 Å². The number of morpholine rings is 1. The molecule has 4 aromatic rings. The number of nitrogens with zero attached hydrogens (tertiary/aromatic N) is 5. The lowest BCUT2D eigenvalue weighted by molar-refractivity contribution is 0.0328. The zero-order valence-corrected chi connectivity index (χ0v) is 21.5. The van der Waals surface area contributed by atoms with Gasteiger partial charge in [-0.05, 0) is 36.1 Å². The Labute approximate surface area is 223 Å². The van der Waals surface area contributed by atoms with Crippen molar-refractivity contribution >= 4 is 5.91 Å². The van der Waals surface area contributed by atoms with Gasteiger partial charge in [-0.1, -0.05) is 78.9 Å². The van der Waals surface area contributed by atoms with Gasteiger partial charge < -0.3 is 9.64 Å². The van der Waals surface area contributed by atoms with E-state index in [-0.39, 0.29) is 17.9 Å². The van der Waals surface area contributed by atoms with Gasteiger partial charge in [0, 0.05) is 37.3 Å². The molecule has 1 amide bonds. The molecule has 0 unspecified atom stereocenters. The molecule has 194 valence electrons. The average Bonchev–Trinajstić information content (AvgIpc) is 3.63. The smallest absolute Gasteiger partial charge is 0.292 e. The van der Waals surface area contributed by atoms with E-state index in [9.17, 15) is 4.79 Å². The fourth-order valence-electron chi connectivity index (χ4n) is 5.84. The normalized spacial score (nSPS) is 18.2. The summed E-state index contributed by atoms with van der Waals surface area (Å²) < 4.78 is 7.48. The molecular weight excluding hydrogens is 474 g/mol. The number of amides is 1. The van der Waals surface area contributed by atoms with Gasteiger partial charge in [-0.3, -0.25) is 14.3 Å². The van der Waals surface area contributed by atoms with Crippen LogP contribution in [-0.2, 0) is 11.3 Å². The highest BCUT2D eigenvalue weighted by molar-refractivity contribution is 5.92. The molecule has 38 heavy (non-hydrogen) atoms. The summed E-state index contributed by atoms with van der Waals surface area (Å²) in [5.74, 6) is 1.19. The van der Waals surface area contributed by atoms with Crippen molar-refractivity contribution in [3.05, 3.63) is 114 Å². The van der Waals surface area contributed by atoms with Crippen LogP contribution in [0.2, 0.25) is 0 Å². The zero-order valence-electron chi connectivity index (χ0n) is 21.5. The Hall–Kier alpha value is -3.81. The minimum absolute atomic E-state index is 0.0379. The van der Waals surface area contributed by atoms with Gasteiger partial charge in [0.2, 0.25) is 5.82 Å². The van der Waals surface area contributed by atoms with Gasteiger partial charge >= 0.3 is 0 Å². The summed E-state index contributed by atoms with van der Waals surface area (Å²) in [5.41, 5.74) is 3.35. The first kappa shape index (κ1) is 24.5. The molecule has 0 N–H and O–H groups in total. The van der Waals surface area contributed by atoms with E-state index in [0.29, 0.717) is 32.1 Å². The van der Waals surface area contributed by atoms with Crippen LogP contribution >= 0.6 is 0 Å². The minimum atomic E-state index is -0.0612. The van der Waals surface area contributed by atoms with Crippen LogP contribution in [0.25, 0.3) is 5.69 Å². The number of hydrogen-bond acceptors (Lipinski definition) is 5. The Bertz CT molecular complexity index is 1300. The lowest BCUT2D eigenvalue weighted by Crippen LogP contribution is -2.41. The molecule has 2 saturated heterocycles. The number of benzene rings is 3. The predicted molar refractivity (Wildman–Crippen MR) is 146 cm³/mol. The molecule has 7 nitrogen and oxygen atoms in total. The summed E-state index contributed by atoms with van der Waals surface area (Å²) in [4.78, 5) is 18.6. The van der Waals surface area contributed by atoms with Gasteiger partial charge in [-0.25, -0.2) is 0 Å². The van der Waals surface area contributed by atoms with Crippen molar-refractivity contribution < 1.29 is 9.53 Å². The Kier molecular flexibility index (Phi) is 7.29. The summed E-state index contributed by atoms with van der Waals surface area (Å²) in [6.07, 6.45) is 1.91. The van der Waals surface area contributed by atoms with Crippen molar-refractivity contribution in [2.24, 2.45) is 0 Å². The van der Waals surface area contributed by atoms with Gasteiger partial charge in [0.05, 0.1) is 19.8 Å². The maximum atomic E-state index is 14.3. The quantitative estimate of drug-likeness (QED) is 0.368. The number of aromatic nitrogens is 3. The summed E-state index contributed by atoms with van der Waals surface area (Å²) in [5, 5.41) is 9.05. The molecule has 2 fully saturated rings. The van der Waals surface area contributed by atoms with E-state index in [1.54, 1.807) is 0 Å². The highest BCUT2D eigenvalue weighted by atomic mass is 16.5. The Morgan fingerprint density at radius 3 is 2.05 bits per heavy atom. The largest absolute Gasteiger partial charge is 0.379 e. The fourth-order valence-corrected chi connectivity index (χ4v) is 5.84. The van der Waals surface area contributed by atoms with Gasteiger partial charge in [-0.15, -0.1) is 10.2 Å². The van der Waals surface area contributed by atoms with E-state index >= 15 is 0 Å². The number of para-hydroxylation sites is 1. The van der Waals surface area contributed by atoms with Gasteiger partial charge in [-0.2, -0.15) is 0 Å². The zero-order chi connectivity index (χ0) is 25.7. The van der Waals surface area contributed by atoms with Crippen LogP contribution in [0.3, 0.4) is 0 Å². The van der Waals surface area contributed by atoms with Crippen LogP contribution < -0.4 is 0 Å². The molecule has 7 heteroatoms. The molecule has 3 aromatic carbocycles. The maximum absolute atomic E-state index is 14.3. The van der Waals surface area contributed by atoms with Crippen molar-refractivity contribution in [3.63, 3.8) is 0 Å². The first-order valence-corrected chi connectivity index (χ1v) is 13.5. The van der Waals surface area contributed by atoms with Crippen LogP contribution in [-0.4, -0.2) is 69.4 Å². The van der Waals surface area contributed by atoms with E-state index in [1.807, 2.05) is 51.9 Å². The molecular formula is C31H33N5O2. The summed E-state index contributed by atoms with van der Waals surface area (Å²) in [6, 6.07) is 31.1. The average molecular weight is 508 g/mol. The third-order valence-corrected chi connectivity index (χ3v) is 7.67. The second-order valence-electron chi connectivity index (χ2n) is 10.0. The van der Waals surface area contributed by atoms with Gasteiger partial charge in [0.25, 0.3) is 5.91 Å². The SMILES string of the molecule is O=C(c1nnc(CN2CCOCC2)n1-c1ccccc1)N1CCC[C@@H]1C(c1ccccc1)c1ccccc1. The number of carbonyl (C=O) groups excluding carboxylic acids is 1. The Balaban J connectivity index is 1.37. The number of likely N-dealkylation sites (tertiary alicyclic amines) is 1. The second kappa shape index (κ2) is 11.3. The van der Waals surface area contributed by atoms with Crippen LogP contribution in [0.5, 0.6) is 0 Å². The molecule has 2 aliphatic rings. The van der Waals surface area contributed by atoms with Crippen molar-refractivity contribution in [3.8, 4) is 5.69 Å². The molecule has 0 bridgehead atoms. The van der Waals surface area contributed by atoms with E-state index in [0.717, 1.165) is 37.4 Å². The molecule has 0 aliphatic carbocycles. The van der Waals surface area contributed by atoms with Crippen LogP contribution in [0, 0.1) is 0 Å². The maximum Gasteiger partial charge on any atom is 0.292 e. The highest BCUT2D eigenvalue weighted by Gasteiger charge is 2.39. The highest BCUT2D eigenvalue weighted by Crippen LogP contribution is 2.37. The molecule has 1 atom stereocenters. The Morgan fingerprint density at radius 1 is 0.816 bits per heavy atom. The molecule has 6 rings (SSSR count). The standard InChI is InChI=1S/C31H33N5O2/c37-31(30-33-32-28(23-34-19-21-38-22-20-34)36(30)26-15-8-3-9-16-26)35-18-10-17-27(35)29(24-11-4-1-5-12-24)25-13-6-2-7-14-25/h1-9,11-16,27,29H,10,17-23H2/t27-/m1/s1. The molecule has 1 aromatic heterocycles. The lowest BCUT2D eigenvalue weighted by atomic mass is 9.84. The number of hydrogen-bond donors (Lipinski definition) is 0. The van der Waals surface area contributed by atoms with E-state index in [2.05, 4.69) is 63.6 Å². The van der Waals surface area contributed by atoms with Gasteiger partial charge in [0.15, 0.2) is 5.82 Å². The monoisotopic (exact) mass is 507 g/mol. The van der Waals surface area contributed by atoms with Gasteiger partial charge in [0.1, 0.15) is 0 Å². The summed E-state index contributed by atoms with van der Waals surface area (Å²) >= 11 is 0. The molecule has 0 spiro atoms. The molecule has 0 saturated carbocycles. The summed E-state index contributed by atoms with van der Waals surface area (Å²) in [6.45, 7) is 4.44. The van der Waals surface area contributed by atoms with Crippen LogP contribution in [0.15, 0.2) is 91.0 Å². The van der Waals surface area contributed by atoms with E-state index in [1.165, 1.54) is 11.1 Å². The van der Waals surface area contributed by atoms with E-state index < -0.39 is 0 Å². The molecule has 0 radical (unpaired) electrons. The number of ether oxygens (including phenoxy) is 1. The van der Waals surface area contributed by atoms with Crippen molar-refractivity contribution in [1.82, 2.24) is 24.6 Å². The lowest BCUT2D eigenvalue weighted by Gasteiger charge is -2.32. The first-order valence-electron chi connectivity index (χ1n) is 13.5. The third kappa shape index (κ3) is 4.99. The predicted octanol–water partition coefficient (Wildman–Crippen LogP) is 4.54. The second-order valence-corrected chi connectivity index (χ2v) is 10.0. The number of carbonyl (C=O) groups is 1. The minimum Gasteiger partial charge on any atom is -0.379 e. The van der Waals surface area contributed by atoms with Crippen molar-refractivity contribution in [2.45, 2.75) is 31.3 Å². The third-order valence-electron chi connectivity index (χ3n) is 7.67. The number of rotatable bonds is 7. The van der Waals surface area contributed by atoms with E-state index in [4.69, 9.17) is 4.74 Å². The topological polar surface area (TPSA) is 63.5 Å². The summed E-state index contributed by atoms with van der Waals surface area (Å²) in [7, 11) is 0. The van der Waals surface area contributed by atoms with Crippen LogP contribution in [0.4, 0.5) is 0 Å². The molecule has 3 heterocycles. The molecule has 2 aliphatic heterocycles.